The van der Waals surface area contributed by atoms with E-state index < -0.39 is 12.1 Å². The SMILES string of the molecule is COC(=O)[C@@H]1Cc2c([nH]c3ccccc23)[C@H](c2cc(OC)c(OC)c(OC)c2)N1c1nc(N2CCN(C)CC2)nc(N2CCN(C)CC2)n1. The molecule has 3 aliphatic rings. The summed E-state index contributed by atoms with van der Waals surface area (Å²) in [6, 6.07) is 10.7. The van der Waals surface area contributed by atoms with Gasteiger partial charge in [0, 0.05) is 75.4 Å². The number of hydrogen-bond acceptors (Lipinski definition) is 13. The van der Waals surface area contributed by atoms with Gasteiger partial charge in [-0.2, -0.15) is 15.0 Å². The maximum Gasteiger partial charge on any atom is 0.328 e. The van der Waals surface area contributed by atoms with E-state index >= 15 is 0 Å². The van der Waals surface area contributed by atoms with E-state index in [1.54, 1.807) is 21.3 Å². The van der Waals surface area contributed by atoms with Crippen molar-refractivity contribution in [1.29, 1.82) is 0 Å². The number of methoxy groups -OCH3 is 4. The quantitative estimate of drug-likeness (QED) is 0.276. The van der Waals surface area contributed by atoms with Gasteiger partial charge in [-0.15, -0.1) is 0 Å². The Kier molecular flexibility index (Phi) is 9.07. The zero-order chi connectivity index (χ0) is 34.2. The van der Waals surface area contributed by atoms with Crippen LogP contribution in [0.25, 0.3) is 10.9 Å². The number of anilines is 3. The number of para-hydroxylation sites is 1. The summed E-state index contributed by atoms with van der Waals surface area (Å²) in [5.74, 6) is 2.70. The first-order valence-corrected chi connectivity index (χ1v) is 16.7. The molecule has 4 aromatic rings. The summed E-state index contributed by atoms with van der Waals surface area (Å²) >= 11 is 0. The smallest absolute Gasteiger partial charge is 0.328 e. The van der Waals surface area contributed by atoms with Gasteiger partial charge in [-0.1, -0.05) is 18.2 Å². The standard InChI is InChI=1S/C35H45N9O5/c1-40-11-15-42(16-12-40)33-37-34(43-17-13-41(2)14-18-43)39-35(38-33)44-26(32(45)49-6)21-24-23-9-7-8-10-25(23)36-29(24)30(44)22-19-27(46-3)31(48-5)28(20-22)47-4/h7-10,19-20,26,30,36H,11-18,21H2,1-6H3/t26-,30-/m0/s1. The number of benzene rings is 2. The Hall–Kier alpha value is -4.82. The lowest BCUT2D eigenvalue weighted by Gasteiger charge is -2.42. The molecule has 260 valence electrons. The Morgan fingerprint density at radius 1 is 0.755 bits per heavy atom. The summed E-state index contributed by atoms with van der Waals surface area (Å²) < 4.78 is 22.8. The van der Waals surface area contributed by atoms with Gasteiger partial charge in [0.15, 0.2) is 11.5 Å². The minimum Gasteiger partial charge on any atom is -0.493 e. The molecular formula is C35H45N9O5. The van der Waals surface area contributed by atoms with Gasteiger partial charge in [0.25, 0.3) is 0 Å². The number of piperazine rings is 2. The summed E-state index contributed by atoms with van der Waals surface area (Å²) in [6.07, 6.45) is 0.395. The summed E-state index contributed by atoms with van der Waals surface area (Å²) in [4.78, 5) is 44.1. The van der Waals surface area contributed by atoms with Gasteiger partial charge in [0.1, 0.15) is 6.04 Å². The van der Waals surface area contributed by atoms with Crippen LogP contribution in [0.5, 0.6) is 17.2 Å². The van der Waals surface area contributed by atoms with Crippen molar-refractivity contribution in [1.82, 2.24) is 29.7 Å². The van der Waals surface area contributed by atoms with Gasteiger partial charge in [-0.3, -0.25) is 0 Å². The van der Waals surface area contributed by atoms with Gasteiger partial charge in [-0.25, -0.2) is 4.79 Å². The minimum atomic E-state index is -0.746. The number of hydrogen-bond donors (Lipinski definition) is 1. The maximum absolute atomic E-state index is 13.9. The maximum atomic E-state index is 13.9. The molecule has 0 aliphatic carbocycles. The van der Waals surface area contributed by atoms with Crippen molar-refractivity contribution in [3.8, 4) is 17.2 Å². The van der Waals surface area contributed by atoms with Crippen molar-refractivity contribution in [2.24, 2.45) is 0 Å². The van der Waals surface area contributed by atoms with E-state index in [4.69, 9.17) is 33.9 Å². The molecule has 5 heterocycles. The molecule has 14 nitrogen and oxygen atoms in total. The number of H-pyrrole nitrogens is 1. The number of aromatic nitrogens is 4. The molecule has 0 amide bonds. The average molecular weight is 672 g/mol. The van der Waals surface area contributed by atoms with Crippen molar-refractivity contribution in [2.75, 3.05) is 110 Å². The number of carbonyl (C=O) groups excluding carboxylic acids is 1. The topological polar surface area (TPSA) is 125 Å². The van der Waals surface area contributed by atoms with Crippen LogP contribution in [-0.4, -0.2) is 137 Å². The molecule has 0 spiro atoms. The molecule has 14 heteroatoms. The molecule has 1 N–H and O–H groups in total. The molecule has 2 aromatic carbocycles. The van der Waals surface area contributed by atoms with Crippen LogP contribution in [0.4, 0.5) is 17.8 Å². The summed E-state index contributed by atoms with van der Waals surface area (Å²) in [6.45, 7) is 6.71. The highest BCUT2D eigenvalue weighted by atomic mass is 16.5. The summed E-state index contributed by atoms with van der Waals surface area (Å²) in [5.41, 5.74) is 3.74. The molecular weight excluding hydrogens is 626 g/mol. The van der Waals surface area contributed by atoms with Crippen molar-refractivity contribution < 1.29 is 23.7 Å². The lowest BCUT2D eigenvalue weighted by molar-refractivity contribution is -0.142. The van der Waals surface area contributed by atoms with Crippen LogP contribution in [-0.2, 0) is 16.0 Å². The number of aromatic amines is 1. The fourth-order valence-electron chi connectivity index (χ4n) is 7.21. The third-order valence-corrected chi connectivity index (χ3v) is 10.0. The number of ether oxygens (including phenoxy) is 4. The normalized spacial score (nSPS) is 20.3. The van der Waals surface area contributed by atoms with Crippen LogP contribution in [0.2, 0.25) is 0 Å². The minimum absolute atomic E-state index is 0.379. The Labute approximate surface area is 286 Å². The second-order valence-corrected chi connectivity index (χ2v) is 12.9. The number of nitrogens with zero attached hydrogens (tertiary/aromatic N) is 8. The number of likely N-dealkylation sites (N-methyl/N-ethyl adjacent to an activating group) is 2. The average Bonchev–Trinajstić information content (AvgIpc) is 3.51. The van der Waals surface area contributed by atoms with E-state index in [0.29, 0.717) is 41.5 Å². The third kappa shape index (κ3) is 6.03. The van der Waals surface area contributed by atoms with Crippen LogP contribution >= 0.6 is 0 Å². The highest BCUT2D eigenvalue weighted by Crippen LogP contribution is 2.47. The molecule has 2 saturated heterocycles. The molecule has 49 heavy (non-hydrogen) atoms. The molecule has 0 saturated carbocycles. The van der Waals surface area contributed by atoms with Crippen molar-refractivity contribution in [3.05, 3.63) is 53.2 Å². The molecule has 0 radical (unpaired) electrons. The zero-order valence-electron chi connectivity index (χ0n) is 29.1. The van der Waals surface area contributed by atoms with Crippen molar-refractivity contribution in [3.63, 3.8) is 0 Å². The predicted molar refractivity (Wildman–Crippen MR) is 187 cm³/mol. The van der Waals surface area contributed by atoms with E-state index in [1.165, 1.54) is 7.11 Å². The van der Waals surface area contributed by atoms with Crippen LogP contribution in [0.1, 0.15) is 22.9 Å². The van der Waals surface area contributed by atoms with Crippen LogP contribution in [0.15, 0.2) is 36.4 Å². The lowest BCUT2D eigenvalue weighted by Crippen LogP contribution is -2.51. The number of rotatable bonds is 8. The first kappa shape index (κ1) is 32.7. The highest BCUT2D eigenvalue weighted by Gasteiger charge is 2.44. The zero-order valence-corrected chi connectivity index (χ0v) is 29.1. The lowest BCUT2D eigenvalue weighted by atomic mass is 9.88. The monoisotopic (exact) mass is 671 g/mol. The fraction of sp³-hybridized carbons (Fsp3) is 0.486. The number of fused-ring (bicyclic) bond motifs is 3. The van der Waals surface area contributed by atoms with Gasteiger partial charge in [0.2, 0.25) is 23.6 Å². The largest absolute Gasteiger partial charge is 0.493 e. The predicted octanol–water partition coefficient (Wildman–Crippen LogP) is 2.58. The summed E-state index contributed by atoms with van der Waals surface area (Å²) in [7, 11) is 10.5. The number of esters is 1. The second kappa shape index (κ2) is 13.6. The molecule has 0 bridgehead atoms. The van der Waals surface area contributed by atoms with Crippen LogP contribution in [0.3, 0.4) is 0 Å². The van der Waals surface area contributed by atoms with Crippen molar-refractivity contribution >= 4 is 34.7 Å². The molecule has 3 aliphatic heterocycles. The fourth-order valence-corrected chi connectivity index (χ4v) is 7.21. The Morgan fingerprint density at radius 2 is 1.31 bits per heavy atom. The highest BCUT2D eigenvalue weighted by molar-refractivity contribution is 5.89. The van der Waals surface area contributed by atoms with Crippen molar-refractivity contribution in [2.45, 2.75) is 18.5 Å². The Bertz CT molecular complexity index is 1750. The van der Waals surface area contributed by atoms with E-state index in [-0.39, 0.29) is 5.97 Å². The number of nitrogens with one attached hydrogen (secondary N) is 1. The first-order valence-electron chi connectivity index (χ1n) is 16.7. The molecule has 2 fully saturated rings. The van der Waals surface area contributed by atoms with Gasteiger partial charge in [-0.05, 0) is 43.4 Å². The molecule has 0 unspecified atom stereocenters. The van der Waals surface area contributed by atoms with Crippen LogP contribution in [0, 0.1) is 0 Å². The van der Waals surface area contributed by atoms with E-state index in [0.717, 1.165) is 80.1 Å². The van der Waals surface area contributed by atoms with E-state index in [2.05, 4.69) is 50.8 Å². The second-order valence-electron chi connectivity index (χ2n) is 12.9. The van der Waals surface area contributed by atoms with Gasteiger partial charge in [0.05, 0.1) is 34.5 Å². The van der Waals surface area contributed by atoms with Gasteiger partial charge >= 0.3 is 5.97 Å². The molecule has 2 aromatic heterocycles. The summed E-state index contributed by atoms with van der Waals surface area (Å²) in [5, 5.41) is 1.05. The molecule has 2 atom stereocenters. The van der Waals surface area contributed by atoms with E-state index in [1.807, 2.05) is 29.2 Å². The Morgan fingerprint density at radius 3 is 1.84 bits per heavy atom. The van der Waals surface area contributed by atoms with E-state index in [9.17, 15) is 4.79 Å². The Balaban J connectivity index is 1.47. The number of carbonyl (C=O) groups is 1. The molecule has 7 rings (SSSR count). The third-order valence-electron chi connectivity index (χ3n) is 10.0. The first-order chi connectivity index (χ1) is 23.8. The van der Waals surface area contributed by atoms with Crippen LogP contribution < -0.4 is 28.9 Å². The van der Waals surface area contributed by atoms with Gasteiger partial charge < -0.3 is 48.4 Å².